The van der Waals surface area contributed by atoms with Crippen molar-refractivity contribution in [2.45, 2.75) is 32.6 Å². The fourth-order valence-corrected chi connectivity index (χ4v) is 1.80. The highest BCUT2D eigenvalue weighted by atomic mass is 16.5. The molecule has 0 fully saturated rings. The largest absolute Gasteiger partial charge is 0.478 e. The number of aromatic carboxylic acids is 2. The number of unbranched alkanes of at least 4 members (excludes halogenated alkanes) is 3. The lowest BCUT2D eigenvalue weighted by Gasteiger charge is -2.08. The van der Waals surface area contributed by atoms with Crippen LogP contribution in [-0.4, -0.2) is 34.7 Å². The summed E-state index contributed by atoms with van der Waals surface area (Å²) in [6.45, 7) is 2.25. The van der Waals surface area contributed by atoms with E-state index < -0.39 is 17.9 Å². The molecule has 0 amide bonds. The molecule has 0 atom stereocenters. The number of rotatable bonds is 8. The molecular formula is C15H18O6. The van der Waals surface area contributed by atoms with E-state index in [1.54, 1.807) is 0 Å². The van der Waals surface area contributed by atoms with Crippen LogP contribution < -0.4 is 0 Å². The normalized spacial score (nSPS) is 10.1. The maximum absolute atomic E-state index is 11.9. The van der Waals surface area contributed by atoms with Crippen LogP contribution in [0.15, 0.2) is 18.2 Å². The molecule has 6 nitrogen and oxygen atoms in total. The Morgan fingerprint density at radius 2 is 1.71 bits per heavy atom. The van der Waals surface area contributed by atoms with Gasteiger partial charge in [-0.05, 0) is 24.6 Å². The minimum Gasteiger partial charge on any atom is -0.478 e. The molecular weight excluding hydrogens is 276 g/mol. The predicted molar refractivity (Wildman–Crippen MR) is 74.8 cm³/mol. The minimum atomic E-state index is -1.30. The first-order valence-electron chi connectivity index (χ1n) is 6.75. The van der Waals surface area contributed by atoms with Crippen molar-refractivity contribution in [1.82, 2.24) is 0 Å². The molecule has 0 unspecified atom stereocenters. The van der Waals surface area contributed by atoms with Gasteiger partial charge in [0.15, 0.2) is 0 Å². The van der Waals surface area contributed by atoms with E-state index in [0.717, 1.165) is 37.5 Å². The van der Waals surface area contributed by atoms with E-state index in [4.69, 9.17) is 14.9 Å². The molecule has 1 aromatic rings. The zero-order chi connectivity index (χ0) is 15.8. The lowest BCUT2D eigenvalue weighted by atomic mass is 10.0. The van der Waals surface area contributed by atoms with Gasteiger partial charge in [-0.15, -0.1) is 0 Å². The third kappa shape index (κ3) is 4.91. The third-order valence-electron chi connectivity index (χ3n) is 2.95. The summed E-state index contributed by atoms with van der Waals surface area (Å²) in [6.07, 6.45) is 3.70. The molecule has 0 bridgehead atoms. The van der Waals surface area contributed by atoms with E-state index >= 15 is 0 Å². The predicted octanol–water partition coefficient (Wildman–Crippen LogP) is 2.82. The number of ether oxygens (including phenoxy) is 1. The molecule has 0 heterocycles. The van der Waals surface area contributed by atoms with E-state index in [1.807, 2.05) is 0 Å². The summed E-state index contributed by atoms with van der Waals surface area (Å²) in [5.74, 6) is -3.35. The van der Waals surface area contributed by atoms with Gasteiger partial charge in [-0.3, -0.25) is 0 Å². The van der Waals surface area contributed by atoms with E-state index in [0.29, 0.717) is 6.42 Å². The number of carbonyl (C=O) groups excluding carboxylic acids is 1. The zero-order valence-corrected chi connectivity index (χ0v) is 11.8. The lowest BCUT2D eigenvalue weighted by Crippen LogP contribution is -2.14. The average Bonchev–Trinajstić information content (AvgIpc) is 2.46. The molecule has 21 heavy (non-hydrogen) atoms. The number of hydrogen-bond acceptors (Lipinski definition) is 4. The Morgan fingerprint density at radius 1 is 1.00 bits per heavy atom. The van der Waals surface area contributed by atoms with Crippen molar-refractivity contribution in [3.8, 4) is 0 Å². The fourth-order valence-electron chi connectivity index (χ4n) is 1.80. The lowest BCUT2D eigenvalue weighted by molar-refractivity contribution is 0.0487. The van der Waals surface area contributed by atoms with Gasteiger partial charge in [0.25, 0.3) is 0 Å². The standard InChI is InChI=1S/C15H18O6/c1-2-3-4-5-8-21-15(20)12-9-10(13(16)17)6-7-11(12)14(18)19/h6-7,9H,2-5,8H2,1H3,(H,16,17)(H,18,19). The van der Waals surface area contributed by atoms with Crippen molar-refractivity contribution >= 4 is 17.9 Å². The van der Waals surface area contributed by atoms with Gasteiger partial charge in [-0.25, -0.2) is 14.4 Å². The van der Waals surface area contributed by atoms with Crippen LogP contribution in [0.2, 0.25) is 0 Å². The van der Waals surface area contributed by atoms with Crippen LogP contribution in [0.25, 0.3) is 0 Å². The third-order valence-corrected chi connectivity index (χ3v) is 2.95. The van der Waals surface area contributed by atoms with Gasteiger partial charge in [0.1, 0.15) is 0 Å². The first-order chi connectivity index (χ1) is 9.97. The summed E-state index contributed by atoms with van der Waals surface area (Å²) in [7, 11) is 0. The molecule has 0 aliphatic rings. The zero-order valence-electron chi connectivity index (χ0n) is 11.8. The Bertz CT molecular complexity index is 535. The molecule has 0 saturated heterocycles. The first-order valence-corrected chi connectivity index (χ1v) is 6.75. The Balaban J connectivity index is 2.82. The smallest absolute Gasteiger partial charge is 0.339 e. The van der Waals surface area contributed by atoms with Crippen LogP contribution in [0.1, 0.15) is 63.7 Å². The summed E-state index contributed by atoms with van der Waals surface area (Å²) in [4.78, 5) is 33.9. The monoisotopic (exact) mass is 294 g/mol. The van der Waals surface area contributed by atoms with Gasteiger partial charge in [-0.1, -0.05) is 26.2 Å². The van der Waals surface area contributed by atoms with E-state index in [-0.39, 0.29) is 23.3 Å². The highest BCUT2D eigenvalue weighted by Gasteiger charge is 2.20. The van der Waals surface area contributed by atoms with Gasteiger partial charge >= 0.3 is 17.9 Å². The number of hydrogen-bond donors (Lipinski definition) is 2. The summed E-state index contributed by atoms with van der Waals surface area (Å²) >= 11 is 0. The van der Waals surface area contributed by atoms with E-state index in [2.05, 4.69) is 6.92 Å². The van der Waals surface area contributed by atoms with Crippen molar-refractivity contribution in [2.75, 3.05) is 6.61 Å². The molecule has 0 aliphatic heterocycles. The SMILES string of the molecule is CCCCCCOC(=O)c1cc(C(=O)O)ccc1C(=O)O. The highest BCUT2D eigenvalue weighted by molar-refractivity contribution is 6.04. The van der Waals surface area contributed by atoms with Gasteiger partial charge in [0, 0.05) is 0 Å². The van der Waals surface area contributed by atoms with E-state index in [9.17, 15) is 14.4 Å². The van der Waals surface area contributed by atoms with Crippen LogP contribution in [-0.2, 0) is 4.74 Å². The average molecular weight is 294 g/mol. The molecule has 1 aromatic carbocycles. The Labute approximate surface area is 122 Å². The molecule has 6 heteroatoms. The number of esters is 1. The van der Waals surface area contributed by atoms with E-state index in [1.165, 1.54) is 0 Å². The summed E-state index contributed by atoms with van der Waals surface area (Å²) in [6, 6.07) is 3.27. The van der Waals surface area contributed by atoms with Crippen LogP contribution >= 0.6 is 0 Å². The van der Waals surface area contributed by atoms with Crippen molar-refractivity contribution in [3.05, 3.63) is 34.9 Å². The van der Waals surface area contributed by atoms with Crippen LogP contribution in [0.5, 0.6) is 0 Å². The second-order valence-corrected chi connectivity index (χ2v) is 4.57. The number of carboxylic acids is 2. The maximum Gasteiger partial charge on any atom is 0.339 e. The first kappa shape index (κ1) is 16.7. The minimum absolute atomic E-state index is 0.155. The highest BCUT2D eigenvalue weighted by Crippen LogP contribution is 2.14. The molecule has 114 valence electrons. The summed E-state index contributed by atoms with van der Waals surface area (Å²) in [5, 5.41) is 17.9. The molecule has 0 radical (unpaired) electrons. The quantitative estimate of drug-likeness (QED) is 0.564. The Kier molecular flexibility index (Phi) is 6.39. The van der Waals surface area contributed by atoms with Crippen LogP contribution in [0.4, 0.5) is 0 Å². The number of carbonyl (C=O) groups is 3. The number of carboxylic acid groups (broad SMARTS) is 2. The second kappa shape index (κ2) is 8.04. The maximum atomic E-state index is 11.9. The molecule has 2 N–H and O–H groups in total. The molecule has 0 saturated carbocycles. The Morgan fingerprint density at radius 3 is 2.29 bits per heavy atom. The van der Waals surface area contributed by atoms with Crippen molar-refractivity contribution in [1.29, 1.82) is 0 Å². The van der Waals surface area contributed by atoms with Gasteiger partial charge in [-0.2, -0.15) is 0 Å². The molecule has 1 rings (SSSR count). The van der Waals surface area contributed by atoms with Crippen LogP contribution in [0.3, 0.4) is 0 Å². The van der Waals surface area contributed by atoms with Crippen molar-refractivity contribution < 1.29 is 29.3 Å². The molecule has 0 spiro atoms. The van der Waals surface area contributed by atoms with Crippen molar-refractivity contribution in [2.24, 2.45) is 0 Å². The van der Waals surface area contributed by atoms with Gasteiger partial charge < -0.3 is 14.9 Å². The van der Waals surface area contributed by atoms with Gasteiger partial charge in [0.2, 0.25) is 0 Å². The summed E-state index contributed by atoms with van der Waals surface area (Å²) < 4.78 is 5.01. The summed E-state index contributed by atoms with van der Waals surface area (Å²) in [5.41, 5.74) is -0.658. The second-order valence-electron chi connectivity index (χ2n) is 4.57. The van der Waals surface area contributed by atoms with Gasteiger partial charge in [0.05, 0.1) is 23.3 Å². The Hall–Kier alpha value is -2.37. The topological polar surface area (TPSA) is 101 Å². The van der Waals surface area contributed by atoms with Crippen LogP contribution in [0, 0.1) is 0 Å². The fraction of sp³-hybridized carbons (Fsp3) is 0.400. The molecule has 0 aliphatic carbocycles. The van der Waals surface area contributed by atoms with Crippen molar-refractivity contribution in [3.63, 3.8) is 0 Å². The molecule has 0 aromatic heterocycles. The number of benzene rings is 1.